The topological polar surface area (TPSA) is 87.8 Å². The summed E-state index contributed by atoms with van der Waals surface area (Å²) >= 11 is 0. The van der Waals surface area contributed by atoms with E-state index in [0.717, 1.165) is 56.6 Å². The van der Waals surface area contributed by atoms with Crippen LogP contribution in [0.4, 0.5) is 5.69 Å². The minimum atomic E-state index is -0.490. The van der Waals surface area contributed by atoms with Crippen LogP contribution in [0.5, 0.6) is 0 Å². The first-order chi connectivity index (χ1) is 12.1. The first-order valence-electron chi connectivity index (χ1n) is 9.25. The third-order valence-corrected chi connectivity index (χ3v) is 5.23. The molecule has 25 heavy (non-hydrogen) atoms. The molecule has 6 heteroatoms. The molecule has 2 aliphatic rings. The van der Waals surface area contributed by atoms with Crippen LogP contribution in [-0.4, -0.2) is 54.4 Å². The molecule has 0 radical (unpaired) electrons. The zero-order chi connectivity index (χ0) is 17.6. The fourth-order valence-electron chi connectivity index (χ4n) is 3.60. The van der Waals surface area contributed by atoms with Gasteiger partial charge in [-0.25, -0.2) is 0 Å². The lowest BCUT2D eigenvalue weighted by Gasteiger charge is -2.29. The monoisotopic (exact) mass is 347 g/mol. The molecule has 1 aromatic rings. The van der Waals surface area contributed by atoms with Gasteiger partial charge in [-0.1, -0.05) is 12.1 Å². The van der Waals surface area contributed by atoms with E-state index in [1.165, 1.54) is 0 Å². The van der Waals surface area contributed by atoms with E-state index in [2.05, 4.69) is 16.3 Å². The number of carbonyl (C=O) groups excluding carboxylic acids is 1. The van der Waals surface area contributed by atoms with E-state index in [0.29, 0.717) is 13.2 Å². The van der Waals surface area contributed by atoms with E-state index in [4.69, 9.17) is 10.5 Å². The number of hydrogen-bond donors (Lipinski definition) is 3. The van der Waals surface area contributed by atoms with E-state index < -0.39 is 6.04 Å². The average molecular weight is 347 g/mol. The lowest BCUT2D eigenvalue weighted by molar-refractivity contribution is -0.119. The number of piperidine rings is 1. The minimum absolute atomic E-state index is 0.120. The molecular formula is C19H29N3O3. The standard InChI is InChI=1S/C19H29N3O3/c20-18(15-6-10-25-11-7-15)19(24)21-16-3-1-2-14(12-16)13-22-8-4-17(23)5-9-22/h1-3,12,15,17-18,23H,4-11,13,20H2,(H,21,24). The van der Waals surface area contributed by atoms with Gasteiger partial charge in [-0.15, -0.1) is 0 Å². The largest absolute Gasteiger partial charge is 0.393 e. The highest BCUT2D eigenvalue weighted by molar-refractivity contribution is 5.94. The lowest BCUT2D eigenvalue weighted by Crippen LogP contribution is -2.44. The number of nitrogens with two attached hydrogens (primary N) is 1. The van der Waals surface area contributed by atoms with Crippen molar-refractivity contribution in [3.8, 4) is 0 Å². The SMILES string of the molecule is NC(C(=O)Nc1cccc(CN2CCC(O)CC2)c1)C1CCOCC1. The van der Waals surface area contributed by atoms with Gasteiger partial charge in [-0.2, -0.15) is 0 Å². The highest BCUT2D eigenvalue weighted by Crippen LogP contribution is 2.20. The second kappa shape index (κ2) is 8.76. The maximum atomic E-state index is 12.4. The average Bonchev–Trinajstić information content (AvgIpc) is 2.64. The van der Waals surface area contributed by atoms with Gasteiger partial charge < -0.3 is 20.9 Å². The van der Waals surface area contributed by atoms with Gasteiger partial charge in [0.15, 0.2) is 0 Å². The molecule has 2 saturated heterocycles. The molecule has 0 bridgehead atoms. The Morgan fingerprint density at radius 3 is 2.72 bits per heavy atom. The number of amides is 1. The van der Waals surface area contributed by atoms with Crippen molar-refractivity contribution in [1.29, 1.82) is 0 Å². The molecule has 1 aromatic carbocycles. The quantitative estimate of drug-likeness (QED) is 0.748. The van der Waals surface area contributed by atoms with Gasteiger partial charge in [0, 0.05) is 38.5 Å². The number of likely N-dealkylation sites (tertiary alicyclic amines) is 1. The Morgan fingerprint density at radius 2 is 2.00 bits per heavy atom. The van der Waals surface area contributed by atoms with Crippen LogP contribution in [0.25, 0.3) is 0 Å². The molecule has 6 nitrogen and oxygen atoms in total. The Balaban J connectivity index is 1.54. The number of ether oxygens (including phenoxy) is 1. The van der Waals surface area contributed by atoms with Crippen molar-refractivity contribution in [3.05, 3.63) is 29.8 Å². The van der Waals surface area contributed by atoms with E-state index in [1.807, 2.05) is 18.2 Å². The summed E-state index contributed by atoms with van der Waals surface area (Å²) in [6.45, 7) is 4.03. The summed E-state index contributed by atoms with van der Waals surface area (Å²) < 4.78 is 5.33. The molecule has 4 N–H and O–H groups in total. The van der Waals surface area contributed by atoms with Gasteiger partial charge in [0.1, 0.15) is 0 Å². The van der Waals surface area contributed by atoms with Gasteiger partial charge in [-0.3, -0.25) is 9.69 Å². The molecule has 2 fully saturated rings. The number of rotatable bonds is 5. The van der Waals surface area contributed by atoms with E-state index >= 15 is 0 Å². The number of nitrogens with one attached hydrogen (secondary N) is 1. The molecule has 1 amide bonds. The maximum absolute atomic E-state index is 12.4. The summed E-state index contributed by atoms with van der Waals surface area (Å²) in [6, 6.07) is 7.46. The van der Waals surface area contributed by atoms with Crippen LogP contribution >= 0.6 is 0 Å². The number of benzene rings is 1. The first-order valence-corrected chi connectivity index (χ1v) is 9.25. The van der Waals surface area contributed by atoms with Crippen LogP contribution in [0, 0.1) is 5.92 Å². The van der Waals surface area contributed by atoms with Gasteiger partial charge in [0.25, 0.3) is 0 Å². The van der Waals surface area contributed by atoms with Crippen molar-refractivity contribution in [2.24, 2.45) is 11.7 Å². The minimum Gasteiger partial charge on any atom is -0.393 e. The molecule has 1 unspecified atom stereocenters. The first kappa shape index (κ1) is 18.3. The number of aliphatic hydroxyl groups is 1. The van der Waals surface area contributed by atoms with Crippen LogP contribution in [-0.2, 0) is 16.1 Å². The van der Waals surface area contributed by atoms with Gasteiger partial charge in [-0.05, 0) is 49.3 Å². The zero-order valence-electron chi connectivity index (χ0n) is 14.7. The molecule has 2 heterocycles. The third-order valence-electron chi connectivity index (χ3n) is 5.23. The molecular weight excluding hydrogens is 318 g/mol. The van der Waals surface area contributed by atoms with Crippen LogP contribution < -0.4 is 11.1 Å². The number of anilines is 1. The Morgan fingerprint density at radius 1 is 1.28 bits per heavy atom. The molecule has 3 rings (SSSR count). The van der Waals surface area contributed by atoms with Gasteiger partial charge in [0.2, 0.25) is 5.91 Å². The molecule has 0 saturated carbocycles. The molecule has 2 aliphatic heterocycles. The molecule has 0 aromatic heterocycles. The fourth-order valence-corrected chi connectivity index (χ4v) is 3.60. The zero-order valence-corrected chi connectivity index (χ0v) is 14.7. The third kappa shape index (κ3) is 5.25. The maximum Gasteiger partial charge on any atom is 0.241 e. The predicted octanol–water partition coefficient (Wildman–Crippen LogP) is 1.34. The van der Waals surface area contributed by atoms with E-state index in [-0.39, 0.29) is 17.9 Å². The number of carbonyl (C=O) groups is 1. The van der Waals surface area contributed by atoms with Crippen LogP contribution in [0.2, 0.25) is 0 Å². The molecule has 1 atom stereocenters. The summed E-state index contributed by atoms with van der Waals surface area (Å²) in [4.78, 5) is 14.8. The number of aliphatic hydroxyl groups excluding tert-OH is 1. The summed E-state index contributed by atoms with van der Waals surface area (Å²) in [5.74, 6) is 0.0712. The van der Waals surface area contributed by atoms with Gasteiger partial charge >= 0.3 is 0 Å². The second-order valence-electron chi connectivity index (χ2n) is 7.17. The Bertz CT molecular complexity index is 567. The number of nitrogens with zero attached hydrogens (tertiary/aromatic N) is 1. The van der Waals surface area contributed by atoms with Crippen molar-refractivity contribution < 1.29 is 14.6 Å². The van der Waals surface area contributed by atoms with Crippen molar-refractivity contribution >= 4 is 11.6 Å². The van der Waals surface area contributed by atoms with Crippen molar-refractivity contribution in [2.45, 2.75) is 44.4 Å². The highest BCUT2D eigenvalue weighted by atomic mass is 16.5. The molecule has 0 aliphatic carbocycles. The highest BCUT2D eigenvalue weighted by Gasteiger charge is 2.26. The van der Waals surface area contributed by atoms with Crippen molar-refractivity contribution in [1.82, 2.24) is 4.90 Å². The Kier molecular flexibility index (Phi) is 6.42. The van der Waals surface area contributed by atoms with Gasteiger partial charge in [0.05, 0.1) is 12.1 Å². The van der Waals surface area contributed by atoms with Crippen LogP contribution in [0.1, 0.15) is 31.2 Å². The normalized spacial score (nSPS) is 21.8. The smallest absolute Gasteiger partial charge is 0.241 e. The summed E-state index contributed by atoms with van der Waals surface area (Å²) in [5.41, 5.74) is 8.10. The second-order valence-corrected chi connectivity index (χ2v) is 7.17. The van der Waals surface area contributed by atoms with Crippen molar-refractivity contribution in [3.63, 3.8) is 0 Å². The molecule has 0 spiro atoms. The van der Waals surface area contributed by atoms with Crippen LogP contribution in [0.3, 0.4) is 0 Å². The van der Waals surface area contributed by atoms with Crippen LogP contribution in [0.15, 0.2) is 24.3 Å². The summed E-state index contributed by atoms with van der Waals surface area (Å²) in [6.07, 6.45) is 3.19. The van der Waals surface area contributed by atoms with Crippen molar-refractivity contribution in [2.75, 3.05) is 31.6 Å². The lowest BCUT2D eigenvalue weighted by atomic mass is 9.92. The fraction of sp³-hybridized carbons (Fsp3) is 0.632. The molecule has 138 valence electrons. The number of hydrogen-bond acceptors (Lipinski definition) is 5. The van der Waals surface area contributed by atoms with E-state index in [9.17, 15) is 9.90 Å². The Labute approximate surface area is 149 Å². The van der Waals surface area contributed by atoms with E-state index in [1.54, 1.807) is 0 Å². The summed E-state index contributed by atoms with van der Waals surface area (Å²) in [5, 5.41) is 12.6. The predicted molar refractivity (Wildman–Crippen MR) is 97.1 cm³/mol. The summed E-state index contributed by atoms with van der Waals surface area (Å²) in [7, 11) is 0. The Hall–Kier alpha value is -1.47.